The number of nitrogens with two attached hydrogens (primary N) is 1. The first-order valence-corrected chi connectivity index (χ1v) is 7.48. The molecule has 4 N–H and O–H groups in total. The van der Waals surface area contributed by atoms with Crippen LogP contribution in [0.2, 0.25) is 0 Å². The van der Waals surface area contributed by atoms with Crippen LogP contribution in [-0.2, 0) is 17.8 Å². The van der Waals surface area contributed by atoms with Gasteiger partial charge in [0.2, 0.25) is 11.8 Å². The zero-order chi connectivity index (χ0) is 17.8. The molecule has 8 heteroatoms. The van der Waals surface area contributed by atoms with Crippen molar-refractivity contribution in [1.29, 1.82) is 0 Å². The molecule has 128 valence electrons. The van der Waals surface area contributed by atoms with Crippen LogP contribution in [0.4, 0.5) is 5.69 Å². The number of benzene rings is 1. The van der Waals surface area contributed by atoms with E-state index in [1.165, 1.54) is 17.2 Å². The van der Waals surface area contributed by atoms with Crippen molar-refractivity contribution in [2.24, 2.45) is 5.73 Å². The molecule has 0 radical (unpaired) electrons. The maximum absolute atomic E-state index is 11.9. The number of nitrogens with zero attached hydrogens (tertiary/aromatic N) is 2. The predicted molar refractivity (Wildman–Crippen MR) is 89.0 cm³/mol. The summed E-state index contributed by atoms with van der Waals surface area (Å²) in [4.78, 5) is 26.9. The van der Waals surface area contributed by atoms with Gasteiger partial charge in [0.05, 0.1) is 19.0 Å². The molecule has 0 aliphatic carbocycles. The second-order valence-corrected chi connectivity index (χ2v) is 5.41. The van der Waals surface area contributed by atoms with Gasteiger partial charge < -0.3 is 25.1 Å². The molecule has 25 heavy (non-hydrogen) atoms. The molecule has 0 saturated carbocycles. The normalized spacial score (nSPS) is 10.6. The van der Waals surface area contributed by atoms with E-state index in [2.05, 4.69) is 10.3 Å². The average Bonchev–Trinajstić information content (AvgIpc) is 3.19. The van der Waals surface area contributed by atoms with Crippen LogP contribution >= 0.6 is 0 Å². The Morgan fingerprint density at radius 3 is 2.64 bits per heavy atom. The number of aromatic nitrogens is 2. The van der Waals surface area contributed by atoms with E-state index in [9.17, 15) is 14.7 Å². The number of primary amides is 1. The van der Waals surface area contributed by atoms with Crippen molar-refractivity contribution >= 4 is 17.5 Å². The molecule has 1 aromatic carbocycles. The van der Waals surface area contributed by atoms with Crippen LogP contribution in [0.15, 0.2) is 53.4 Å². The molecule has 3 rings (SSSR count). The Balaban J connectivity index is 1.64. The second-order valence-electron chi connectivity index (χ2n) is 5.41. The number of carbonyl (C=O) groups is 2. The number of hydrogen-bond donors (Lipinski definition) is 3. The molecule has 0 saturated heterocycles. The van der Waals surface area contributed by atoms with Gasteiger partial charge >= 0.3 is 0 Å². The standard InChI is InChI=1S/C17H16N4O4/c18-16(23)15-17(24)19-10-21(15)9-11-3-5-12(6-4-11)20-14(22)8-13-2-1-7-25-13/h1-7,10,24H,8-9H2,(H2,18,23)(H,20,22). The van der Waals surface area contributed by atoms with Gasteiger partial charge in [-0.3, -0.25) is 9.59 Å². The summed E-state index contributed by atoms with van der Waals surface area (Å²) < 4.78 is 6.59. The van der Waals surface area contributed by atoms with E-state index in [4.69, 9.17) is 10.2 Å². The van der Waals surface area contributed by atoms with Gasteiger partial charge in [-0.1, -0.05) is 12.1 Å². The first kappa shape index (κ1) is 16.3. The fraction of sp³-hybridized carbons (Fsp3) is 0.118. The third-order valence-electron chi connectivity index (χ3n) is 3.56. The summed E-state index contributed by atoms with van der Waals surface area (Å²) in [6, 6.07) is 10.5. The molecular weight excluding hydrogens is 324 g/mol. The highest BCUT2D eigenvalue weighted by Crippen LogP contribution is 2.17. The molecule has 2 aromatic heterocycles. The quantitative estimate of drug-likeness (QED) is 0.627. The Morgan fingerprint density at radius 2 is 2.00 bits per heavy atom. The predicted octanol–water partition coefficient (Wildman–Crippen LogP) is 1.51. The number of imidazole rings is 1. The topological polar surface area (TPSA) is 123 Å². The summed E-state index contributed by atoms with van der Waals surface area (Å²) in [5.74, 6) is -0.739. The van der Waals surface area contributed by atoms with Crippen molar-refractivity contribution in [2.45, 2.75) is 13.0 Å². The van der Waals surface area contributed by atoms with Crippen molar-refractivity contribution in [3.8, 4) is 5.88 Å². The number of hydrogen-bond acceptors (Lipinski definition) is 5. The van der Waals surface area contributed by atoms with E-state index >= 15 is 0 Å². The fourth-order valence-electron chi connectivity index (χ4n) is 2.41. The molecule has 0 fully saturated rings. The van der Waals surface area contributed by atoms with Gasteiger partial charge in [0.25, 0.3) is 5.91 Å². The van der Waals surface area contributed by atoms with E-state index in [0.29, 0.717) is 18.0 Å². The summed E-state index contributed by atoms with van der Waals surface area (Å²) in [5, 5.41) is 12.3. The Hall–Kier alpha value is -3.55. The Bertz CT molecular complexity index is 882. The van der Waals surface area contributed by atoms with E-state index < -0.39 is 11.8 Å². The lowest BCUT2D eigenvalue weighted by molar-refractivity contribution is -0.115. The van der Waals surface area contributed by atoms with Crippen LogP contribution in [0.25, 0.3) is 0 Å². The van der Waals surface area contributed by atoms with Gasteiger partial charge in [0, 0.05) is 12.2 Å². The van der Waals surface area contributed by atoms with Crippen LogP contribution in [0.3, 0.4) is 0 Å². The number of nitrogens with one attached hydrogen (secondary N) is 1. The lowest BCUT2D eigenvalue weighted by Crippen LogP contribution is -2.17. The maximum atomic E-state index is 11.9. The summed E-state index contributed by atoms with van der Waals surface area (Å²) in [6.07, 6.45) is 3.02. The van der Waals surface area contributed by atoms with E-state index in [0.717, 1.165) is 5.56 Å². The van der Waals surface area contributed by atoms with Gasteiger partial charge in [-0.2, -0.15) is 0 Å². The number of carbonyl (C=O) groups excluding carboxylic acids is 2. The largest absolute Gasteiger partial charge is 0.492 e. The molecule has 0 atom stereocenters. The molecule has 2 amide bonds. The number of rotatable bonds is 6. The van der Waals surface area contributed by atoms with Crippen LogP contribution in [0, 0.1) is 0 Å². The van der Waals surface area contributed by atoms with Gasteiger partial charge in [-0.25, -0.2) is 4.98 Å². The second kappa shape index (κ2) is 6.91. The maximum Gasteiger partial charge on any atom is 0.271 e. The van der Waals surface area contributed by atoms with Crippen molar-refractivity contribution in [2.75, 3.05) is 5.32 Å². The molecule has 0 unspecified atom stereocenters. The molecule has 8 nitrogen and oxygen atoms in total. The van der Waals surface area contributed by atoms with Crippen molar-refractivity contribution in [3.63, 3.8) is 0 Å². The highest BCUT2D eigenvalue weighted by atomic mass is 16.3. The Kier molecular flexibility index (Phi) is 4.51. The first-order chi connectivity index (χ1) is 12.0. The summed E-state index contributed by atoms with van der Waals surface area (Å²) >= 11 is 0. The van der Waals surface area contributed by atoms with E-state index in [1.807, 2.05) is 0 Å². The van der Waals surface area contributed by atoms with Crippen LogP contribution in [-0.4, -0.2) is 26.5 Å². The monoisotopic (exact) mass is 340 g/mol. The van der Waals surface area contributed by atoms with Gasteiger partial charge in [-0.15, -0.1) is 0 Å². The van der Waals surface area contributed by atoms with E-state index in [-0.39, 0.29) is 18.0 Å². The minimum absolute atomic E-state index is 0.0455. The van der Waals surface area contributed by atoms with Crippen LogP contribution in [0.1, 0.15) is 21.8 Å². The molecule has 0 aliphatic heterocycles. The number of anilines is 1. The Morgan fingerprint density at radius 1 is 1.24 bits per heavy atom. The summed E-state index contributed by atoms with van der Waals surface area (Å²) in [6.45, 7) is 0.312. The van der Waals surface area contributed by atoms with Crippen molar-refractivity contribution in [3.05, 3.63) is 66.0 Å². The highest BCUT2D eigenvalue weighted by Gasteiger charge is 2.15. The fourth-order valence-corrected chi connectivity index (χ4v) is 2.41. The zero-order valence-electron chi connectivity index (χ0n) is 13.2. The number of furan rings is 1. The highest BCUT2D eigenvalue weighted by molar-refractivity contribution is 5.93. The number of aromatic hydroxyl groups is 1. The first-order valence-electron chi connectivity index (χ1n) is 7.48. The smallest absolute Gasteiger partial charge is 0.271 e. The van der Waals surface area contributed by atoms with Gasteiger partial charge in [0.15, 0.2) is 5.69 Å². The summed E-state index contributed by atoms with van der Waals surface area (Å²) in [5.41, 5.74) is 6.68. The lowest BCUT2D eigenvalue weighted by Gasteiger charge is -2.08. The molecule has 3 aromatic rings. The molecular formula is C17H16N4O4. The van der Waals surface area contributed by atoms with Crippen molar-refractivity contribution < 1.29 is 19.1 Å². The number of amides is 2. The van der Waals surface area contributed by atoms with Crippen LogP contribution in [0.5, 0.6) is 5.88 Å². The zero-order valence-corrected chi connectivity index (χ0v) is 13.2. The van der Waals surface area contributed by atoms with Crippen LogP contribution < -0.4 is 11.1 Å². The minimum Gasteiger partial charge on any atom is -0.492 e. The molecule has 0 bridgehead atoms. The van der Waals surface area contributed by atoms with E-state index in [1.54, 1.807) is 36.4 Å². The molecule has 2 heterocycles. The molecule has 0 aliphatic rings. The third-order valence-corrected chi connectivity index (χ3v) is 3.56. The third kappa shape index (κ3) is 3.86. The Labute approximate surface area is 142 Å². The lowest BCUT2D eigenvalue weighted by atomic mass is 10.2. The average molecular weight is 340 g/mol. The summed E-state index contributed by atoms with van der Waals surface area (Å²) in [7, 11) is 0. The SMILES string of the molecule is NC(=O)c1c(O)ncn1Cc1ccc(NC(=O)Cc2ccco2)cc1. The minimum atomic E-state index is -0.753. The van der Waals surface area contributed by atoms with Crippen molar-refractivity contribution in [1.82, 2.24) is 9.55 Å². The molecule has 0 spiro atoms. The van der Waals surface area contributed by atoms with Gasteiger partial charge in [0.1, 0.15) is 5.76 Å². The van der Waals surface area contributed by atoms with Gasteiger partial charge in [-0.05, 0) is 29.8 Å².